The van der Waals surface area contributed by atoms with Crippen LogP contribution < -0.4 is 5.32 Å². The molecule has 0 amide bonds. The van der Waals surface area contributed by atoms with E-state index in [1.807, 2.05) is 0 Å². The molecule has 0 spiro atoms. The number of allylic oxidation sites excluding steroid dienone is 2. The number of nitrogens with zero attached hydrogens (tertiary/aromatic N) is 2. The Morgan fingerprint density at radius 1 is 1.45 bits per heavy atom. The van der Waals surface area contributed by atoms with Gasteiger partial charge in [0.05, 0.1) is 6.04 Å². The van der Waals surface area contributed by atoms with E-state index in [2.05, 4.69) is 87.4 Å². The van der Waals surface area contributed by atoms with E-state index in [4.69, 9.17) is 0 Å². The number of hydrogen-bond donors (Lipinski definition) is 1. The van der Waals surface area contributed by atoms with Gasteiger partial charge in [0.15, 0.2) is 0 Å². The molecular weight excluding hydrogens is 270 g/mol. The van der Waals surface area contributed by atoms with Gasteiger partial charge >= 0.3 is 0 Å². The molecule has 0 fully saturated rings. The topological polar surface area (TPSA) is 18.5 Å². The molecule has 3 unspecified atom stereocenters. The maximum absolute atomic E-state index is 3.50. The van der Waals surface area contributed by atoms with Crippen LogP contribution in [0.5, 0.6) is 0 Å². The minimum Gasteiger partial charge on any atom is -0.388 e. The highest BCUT2D eigenvalue weighted by Gasteiger charge is 2.28. The van der Waals surface area contributed by atoms with Crippen molar-refractivity contribution in [1.29, 1.82) is 0 Å². The Morgan fingerprint density at radius 3 is 2.82 bits per heavy atom. The maximum atomic E-state index is 3.50. The normalized spacial score (nSPS) is 26.9. The van der Waals surface area contributed by atoms with Gasteiger partial charge in [-0.25, -0.2) is 0 Å². The van der Waals surface area contributed by atoms with Crippen molar-refractivity contribution in [3.8, 4) is 0 Å². The Balaban J connectivity index is 1.98. The zero-order valence-electron chi connectivity index (χ0n) is 14.9. The second-order valence-corrected chi connectivity index (χ2v) is 6.63. The standard InChI is InChI=1S/C19H31N3/c1-7-15(3)20-13-14(2)18-8-9-19(22(18)6)17-10-11-21(5)16(4)12-17/h7-8,10-12,14,16,19-20H,9,13H2,1-6H3/b15-7+. The van der Waals surface area contributed by atoms with Crippen LogP contribution >= 0.6 is 0 Å². The zero-order valence-corrected chi connectivity index (χ0v) is 14.9. The fourth-order valence-corrected chi connectivity index (χ4v) is 3.16. The van der Waals surface area contributed by atoms with Crippen molar-refractivity contribution in [2.24, 2.45) is 5.92 Å². The Labute approximate surface area is 136 Å². The molecule has 0 saturated carbocycles. The van der Waals surface area contributed by atoms with Crippen LogP contribution in [0.4, 0.5) is 0 Å². The van der Waals surface area contributed by atoms with Gasteiger partial charge in [0.1, 0.15) is 0 Å². The lowest BCUT2D eigenvalue weighted by Gasteiger charge is -2.33. The van der Waals surface area contributed by atoms with Gasteiger partial charge < -0.3 is 15.1 Å². The number of nitrogens with one attached hydrogen (secondary N) is 1. The zero-order chi connectivity index (χ0) is 16.3. The molecule has 0 aromatic heterocycles. The van der Waals surface area contributed by atoms with Gasteiger partial charge in [-0.3, -0.25) is 0 Å². The van der Waals surface area contributed by atoms with E-state index in [0.717, 1.165) is 13.0 Å². The van der Waals surface area contributed by atoms with Gasteiger partial charge in [-0.1, -0.05) is 25.2 Å². The smallest absolute Gasteiger partial charge is 0.0569 e. The monoisotopic (exact) mass is 301 g/mol. The minimum atomic E-state index is 0.480. The maximum Gasteiger partial charge on any atom is 0.0569 e. The molecule has 0 aliphatic carbocycles. The van der Waals surface area contributed by atoms with Crippen LogP contribution in [0.25, 0.3) is 0 Å². The fraction of sp³-hybridized carbons (Fsp3) is 0.579. The number of likely N-dealkylation sites (N-methyl/N-ethyl adjacent to an activating group) is 2. The van der Waals surface area contributed by atoms with Gasteiger partial charge in [0, 0.05) is 44.0 Å². The first-order valence-electron chi connectivity index (χ1n) is 8.35. The van der Waals surface area contributed by atoms with Crippen LogP contribution in [0, 0.1) is 5.92 Å². The average Bonchev–Trinajstić information content (AvgIpc) is 2.89. The highest BCUT2D eigenvalue weighted by Crippen LogP contribution is 2.31. The van der Waals surface area contributed by atoms with E-state index < -0.39 is 0 Å². The second-order valence-electron chi connectivity index (χ2n) is 6.63. The highest BCUT2D eigenvalue weighted by molar-refractivity contribution is 5.34. The summed E-state index contributed by atoms with van der Waals surface area (Å²) in [7, 11) is 4.37. The first kappa shape index (κ1) is 16.7. The molecule has 22 heavy (non-hydrogen) atoms. The average molecular weight is 301 g/mol. The Kier molecular flexibility index (Phi) is 5.38. The van der Waals surface area contributed by atoms with Gasteiger partial charge in [-0.05, 0) is 45.0 Å². The molecule has 0 bridgehead atoms. The van der Waals surface area contributed by atoms with Crippen molar-refractivity contribution in [3.05, 3.63) is 47.5 Å². The summed E-state index contributed by atoms with van der Waals surface area (Å²) in [6, 6.07) is 0.974. The molecular formula is C19H31N3. The Morgan fingerprint density at radius 2 is 2.18 bits per heavy atom. The SMILES string of the molecule is C/C=C(\C)NCC(C)C1=CCC(C2=CC(C)N(C)C=C2)N1C. The van der Waals surface area contributed by atoms with Crippen molar-refractivity contribution < 1.29 is 0 Å². The summed E-state index contributed by atoms with van der Waals surface area (Å²) in [6.07, 6.45) is 12.5. The van der Waals surface area contributed by atoms with Crippen molar-refractivity contribution in [3.63, 3.8) is 0 Å². The van der Waals surface area contributed by atoms with E-state index >= 15 is 0 Å². The van der Waals surface area contributed by atoms with Gasteiger partial charge in [0.2, 0.25) is 0 Å². The lowest BCUT2D eigenvalue weighted by Crippen LogP contribution is -2.34. The van der Waals surface area contributed by atoms with Crippen molar-refractivity contribution in [2.45, 2.75) is 46.2 Å². The van der Waals surface area contributed by atoms with Crippen molar-refractivity contribution >= 4 is 0 Å². The summed E-state index contributed by atoms with van der Waals surface area (Å²) in [5, 5.41) is 3.50. The summed E-state index contributed by atoms with van der Waals surface area (Å²) in [6.45, 7) is 9.75. The van der Waals surface area contributed by atoms with E-state index in [-0.39, 0.29) is 0 Å². The molecule has 0 radical (unpaired) electrons. The van der Waals surface area contributed by atoms with Crippen molar-refractivity contribution in [2.75, 3.05) is 20.6 Å². The molecule has 2 heterocycles. The molecule has 2 rings (SSSR count). The van der Waals surface area contributed by atoms with Crippen LogP contribution in [0.1, 0.15) is 34.1 Å². The summed E-state index contributed by atoms with van der Waals surface area (Å²) in [4.78, 5) is 4.71. The third kappa shape index (κ3) is 3.57. The summed E-state index contributed by atoms with van der Waals surface area (Å²) in [5.41, 5.74) is 4.16. The van der Waals surface area contributed by atoms with Crippen LogP contribution in [-0.2, 0) is 0 Å². The first-order chi connectivity index (χ1) is 10.4. The van der Waals surface area contributed by atoms with Crippen LogP contribution in [0.15, 0.2) is 47.5 Å². The van der Waals surface area contributed by atoms with Crippen LogP contribution in [0.2, 0.25) is 0 Å². The molecule has 122 valence electrons. The molecule has 3 atom stereocenters. The largest absolute Gasteiger partial charge is 0.388 e. The molecule has 0 saturated heterocycles. The Bertz CT molecular complexity index is 513. The van der Waals surface area contributed by atoms with Gasteiger partial charge in [-0.2, -0.15) is 0 Å². The van der Waals surface area contributed by atoms with Gasteiger partial charge in [-0.15, -0.1) is 0 Å². The molecule has 3 heteroatoms. The van der Waals surface area contributed by atoms with E-state index in [0.29, 0.717) is 18.0 Å². The molecule has 2 aliphatic rings. The lowest BCUT2D eigenvalue weighted by atomic mass is 9.99. The molecule has 1 N–H and O–H groups in total. The van der Waals surface area contributed by atoms with Crippen LogP contribution in [0.3, 0.4) is 0 Å². The predicted molar refractivity (Wildman–Crippen MR) is 95.3 cm³/mol. The Hall–Kier alpha value is -1.64. The van der Waals surface area contributed by atoms with E-state index in [1.54, 1.807) is 0 Å². The molecule has 3 nitrogen and oxygen atoms in total. The van der Waals surface area contributed by atoms with E-state index in [1.165, 1.54) is 17.0 Å². The van der Waals surface area contributed by atoms with Gasteiger partial charge in [0.25, 0.3) is 0 Å². The first-order valence-corrected chi connectivity index (χ1v) is 8.35. The number of hydrogen-bond acceptors (Lipinski definition) is 3. The third-order valence-corrected chi connectivity index (χ3v) is 5.01. The van der Waals surface area contributed by atoms with Crippen molar-refractivity contribution in [1.82, 2.24) is 15.1 Å². The third-order valence-electron chi connectivity index (χ3n) is 5.01. The predicted octanol–water partition coefficient (Wildman–Crippen LogP) is 3.50. The fourth-order valence-electron chi connectivity index (χ4n) is 3.16. The molecule has 0 aromatic rings. The van der Waals surface area contributed by atoms with Crippen LogP contribution in [-0.4, -0.2) is 42.5 Å². The minimum absolute atomic E-state index is 0.480. The second kappa shape index (κ2) is 7.08. The quantitative estimate of drug-likeness (QED) is 0.838. The molecule has 2 aliphatic heterocycles. The number of rotatable bonds is 5. The molecule has 0 aromatic carbocycles. The summed E-state index contributed by atoms with van der Waals surface area (Å²) in [5.74, 6) is 0.526. The highest BCUT2D eigenvalue weighted by atomic mass is 15.2. The lowest BCUT2D eigenvalue weighted by molar-refractivity contribution is 0.328. The summed E-state index contributed by atoms with van der Waals surface area (Å²) >= 11 is 0. The van der Waals surface area contributed by atoms with E-state index in [9.17, 15) is 0 Å². The summed E-state index contributed by atoms with van der Waals surface area (Å²) < 4.78 is 0.